The van der Waals surface area contributed by atoms with Crippen molar-refractivity contribution in [2.24, 2.45) is 5.92 Å². The van der Waals surface area contributed by atoms with Crippen molar-refractivity contribution >= 4 is 11.7 Å². The number of nitrogen functional groups attached to an aromatic ring is 1. The molecule has 2 unspecified atom stereocenters. The molecule has 5 nitrogen and oxygen atoms in total. The maximum absolute atomic E-state index is 12.3. The van der Waals surface area contributed by atoms with Gasteiger partial charge in [-0.15, -0.1) is 0 Å². The summed E-state index contributed by atoms with van der Waals surface area (Å²) in [4.78, 5) is 18.1. The van der Waals surface area contributed by atoms with Gasteiger partial charge in [-0.3, -0.25) is 4.79 Å². The van der Waals surface area contributed by atoms with Gasteiger partial charge < -0.3 is 15.7 Å². The summed E-state index contributed by atoms with van der Waals surface area (Å²) in [6.45, 7) is 4.89. The van der Waals surface area contributed by atoms with Crippen LogP contribution in [0.15, 0.2) is 12.1 Å². The Morgan fingerprint density at radius 2 is 2.33 bits per heavy atom. The molecule has 1 aromatic rings. The predicted molar refractivity (Wildman–Crippen MR) is 69.1 cm³/mol. The Morgan fingerprint density at radius 3 is 2.89 bits per heavy atom. The molecule has 0 spiro atoms. The third-order valence-corrected chi connectivity index (χ3v) is 3.41. The van der Waals surface area contributed by atoms with Crippen LogP contribution in [0.5, 0.6) is 0 Å². The Hall–Kier alpha value is -1.62. The highest BCUT2D eigenvalue weighted by Crippen LogP contribution is 2.22. The van der Waals surface area contributed by atoms with Gasteiger partial charge in [-0.25, -0.2) is 4.98 Å². The molecular formula is C13H19N3O2. The zero-order chi connectivity index (χ0) is 13.3. The fraction of sp³-hybridized carbons (Fsp3) is 0.538. The fourth-order valence-electron chi connectivity index (χ4n) is 2.37. The second kappa shape index (κ2) is 4.94. The Kier molecular flexibility index (Phi) is 3.52. The monoisotopic (exact) mass is 249 g/mol. The van der Waals surface area contributed by atoms with Crippen LogP contribution in [-0.4, -0.2) is 40.1 Å². The third-order valence-electron chi connectivity index (χ3n) is 3.41. The molecule has 0 radical (unpaired) electrons. The first-order valence-electron chi connectivity index (χ1n) is 6.19. The number of carbonyl (C=O) groups is 1. The Labute approximate surface area is 107 Å². The molecule has 1 aliphatic rings. The molecule has 0 bridgehead atoms. The molecule has 1 aromatic heterocycles. The van der Waals surface area contributed by atoms with Gasteiger partial charge in [0.2, 0.25) is 0 Å². The molecule has 0 aromatic carbocycles. The van der Waals surface area contributed by atoms with Gasteiger partial charge in [0, 0.05) is 30.3 Å². The highest BCUT2D eigenvalue weighted by Gasteiger charge is 2.29. The molecule has 18 heavy (non-hydrogen) atoms. The number of nitrogens with zero attached hydrogens (tertiary/aromatic N) is 2. The topological polar surface area (TPSA) is 79.5 Å². The summed E-state index contributed by atoms with van der Waals surface area (Å²) >= 11 is 0. The van der Waals surface area contributed by atoms with Crippen molar-refractivity contribution in [1.82, 2.24) is 9.88 Å². The van der Waals surface area contributed by atoms with Gasteiger partial charge in [0.25, 0.3) is 5.91 Å². The van der Waals surface area contributed by atoms with Gasteiger partial charge in [0.05, 0.1) is 6.10 Å². The molecule has 1 aliphatic heterocycles. The average Bonchev–Trinajstić information content (AvgIpc) is 2.75. The SMILES string of the molecule is Cc1cc(C(=O)N2CCC(C(C)O)C2)cc(N)n1. The number of nitrogens with two attached hydrogens (primary N) is 1. The normalized spacial score (nSPS) is 21.1. The number of hydrogen-bond acceptors (Lipinski definition) is 4. The van der Waals surface area contributed by atoms with Gasteiger partial charge >= 0.3 is 0 Å². The molecule has 1 amide bonds. The van der Waals surface area contributed by atoms with E-state index in [4.69, 9.17) is 5.73 Å². The van der Waals surface area contributed by atoms with Crippen LogP contribution in [0.4, 0.5) is 5.82 Å². The van der Waals surface area contributed by atoms with E-state index in [1.54, 1.807) is 24.0 Å². The van der Waals surface area contributed by atoms with Crippen LogP contribution in [0.3, 0.4) is 0 Å². The van der Waals surface area contributed by atoms with Crippen molar-refractivity contribution in [3.05, 3.63) is 23.4 Å². The predicted octanol–water partition coefficient (Wildman–Crippen LogP) is 0.815. The Balaban J connectivity index is 2.12. The standard InChI is InChI=1S/C13H19N3O2/c1-8-5-11(6-12(14)15-8)13(18)16-4-3-10(7-16)9(2)17/h5-6,9-10,17H,3-4,7H2,1-2H3,(H2,14,15). The first kappa shape index (κ1) is 12.8. The molecule has 2 atom stereocenters. The van der Waals surface area contributed by atoms with Crippen LogP contribution in [-0.2, 0) is 0 Å². The first-order valence-corrected chi connectivity index (χ1v) is 6.19. The molecule has 1 saturated heterocycles. The highest BCUT2D eigenvalue weighted by molar-refractivity contribution is 5.95. The highest BCUT2D eigenvalue weighted by atomic mass is 16.3. The smallest absolute Gasteiger partial charge is 0.254 e. The number of aromatic nitrogens is 1. The molecule has 1 fully saturated rings. The number of rotatable bonds is 2. The van der Waals surface area contributed by atoms with E-state index in [9.17, 15) is 9.90 Å². The fourth-order valence-corrected chi connectivity index (χ4v) is 2.37. The minimum Gasteiger partial charge on any atom is -0.393 e. The minimum absolute atomic E-state index is 0.0321. The van der Waals surface area contributed by atoms with Gasteiger partial charge in [0.1, 0.15) is 5.82 Å². The van der Waals surface area contributed by atoms with Crippen LogP contribution >= 0.6 is 0 Å². The van der Waals surface area contributed by atoms with Crippen molar-refractivity contribution in [3.63, 3.8) is 0 Å². The quantitative estimate of drug-likeness (QED) is 0.813. The maximum atomic E-state index is 12.3. The van der Waals surface area contributed by atoms with Gasteiger partial charge in [0.15, 0.2) is 0 Å². The van der Waals surface area contributed by atoms with Crippen molar-refractivity contribution in [2.45, 2.75) is 26.4 Å². The van der Waals surface area contributed by atoms with E-state index in [-0.39, 0.29) is 17.9 Å². The zero-order valence-corrected chi connectivity index (χ0v) is 10.8. The van der Waals surface area contributed by atoms with Crippen molar-refractivity contribution in [3.8, 4) is 0 Å². The summed E-state index contributed by atoms with van der Waals surface area (Å²) in [6.07, 6.45) is 0.482. The van der Waals surface area contributed by atoms with E-state index >= 15 is 0 Å². The number of likely N-dealkylation sites (tertiary alicyclic amines) is 1. The van der Waals surface area contributed by atoms with Crippen molar-refractivity contribution in [2.75, 3.05) is 18.8 Å². The molecule has 0 saturated carbocycles. The largest absolute Gasteiger partial charge is 0.393 e. The van der Waals surface area contributed by atoms with Crippen LogP contribution in [0.2, 0.25) is 0 Å². The van der Waals surface area contributed by atoms with Gasteiger partial charge in [-0.05, 0) is 32.4 Å². The van der Waals surface area contributed by atoms with Crippen LogP contribution in [0, 0.1) is 12.8 Å². The number of pyridine rings is 1. The van der Waals surface area contributed by atoms with E-state index in [0.29, 0.717) is 24.5 Å². The van der Waals surface area contributed by atoms with E-state index in [1.165, 1.54) is 0 Å². The maximum Gasteiger partial charge on any atom is 0.254 e. The number of aliphatic hydroxyl groups excluding tert-OH is 1. The number of aliphatic hydroxyl groups is 1. The molecule has 5 heteroatoms. The summed E-state index contributed by atoms with van der Waals surface area (Å²) < 4.78 is 0. The van der Waals surface area contributed by atoms with E-state index in [2.05, 4.69) is 4.98 Å². The Bertz CT molecular complexity index is 439. The van der Waals surface area contributed by atoms with Crippen LogP contribution in [0.1, 0.15) is 29.4 Å². The Morgan fingerprint density at radius 1 is 1.61 bits per heavy atom. The number of aryl methyl sites for hydroxylation is 1. The molecular weight excluding hydrogens is 230 g/mol. The number of carbonyl (C=O) groups excluding carboxylic acids is 1. The average molecular weight is 249 g/mol. The number of anilines is 1. The van der Waals surface area contributed by atoms with Crippen molar-refractivity contribution < 1.29 is 9.90 Å². The van der Waals surface area contributed by atoms with E-state index in [1.807, 2.05) is 6.92 Å². The zero-order valence-electron chi connectivity index (χ0n) is 10.8. The molecule has 98 valence electrons. The lowest BCUT2D eigenvalue weighted by Gasteiger charge is -2.18. The molecule has 3 N–H and O–H groups in total. The second-order valence-corrected chi connectivity index (χ2v) is 4.96. The summed E-state index contributed by atoms with van der Waals surface area (Å²) in [5.41, 5.74) is 6.97. The van der Waals surface area contributed by atoms with Crippen LogP contribution in [0.25, 0.3) is 0 Å². The summed E-state index contributed by atoms with van der Waals surface area (Å²) in [5.74, 6) is 0.509. The van der Waals surface area contributed by atoms with Crippen molar-refractivity contribution in [1.29, 1.82) is 0 Å². The summed E-state index contributed by atoms with van der Waals surface area (Å²) in [7, 11) is 0. The molecule has 2 rings (SSSR count). The lowest BCUT2D eigenvalue weighted by atomic mass is 10.0. The third kappa shape index (κ3) is 2.61. The lowest BCUT2D eigenvalue weighted by Crippen LogP contribution is -2.30. The van der Waals surface area contributed by atoms with E-state index < -0.39 is 0 Å². The first-order chi connectivity index (χ1) is 8.47. The lowest BCUT2D eigenvalue weighted by molar-refractivity contribution is 0.0762. The van der Waals surface area contributed by atoms with Gasteiger partial charge in [-0.2, -0.15) is 0 Å². The number of hydrogen-bond donors (Lipinski definition) is 2. The van der Waals surface area contributed by atoms with Gasteiger partial charge in [-0.1, -0.05) is 0 Å². The number of amides is 1. The summed E-state index contributed by atoms with van der Waals surface area (Å²) in [5, 5.41) is 9.54. The second-order valence-electron chi connectivity index (χ2n) is 4.96. The minimum atomic E-state index is -0.368. The molecule has 2 heterocycles. The summed E-state index contributed by atoms with van der Waals surface area (Å²) in [6, 6.07) is 3.35. The molecule has 0 aliphatic carbocycles. The van der Waals surface area contributed by atoms with Crippen LogP contribution < -0.4 is 5.73 Å². The van der Waals surface area contributed by atoms with E-state index in [0.717, 1.165) is 12.1 Å².